The molecule has 0 fully saturated rings. The van der Waals surface area contributed by atoms with Gasteiger partial charge in [0.2, 0.25) is 0 Å². The quantitative estimate of drug-likeness (QED) is 0.457. The molecular formula is C16H14FNO2. The van der Waals surface area contributed by atoms with Crippen molar-refractivity contribution < 1.29 is 14.0 Å². The van der Waals surface area contributed by atoms with Crippen LogP contribution in [0.15, 0.2) is 59.8 Å². The first-order valence-electron chi connectivity index (χ1n) is 6.22. The molecule has 0 saturated heterocycles. The molecule has 102 valence electrons. The molecule has 0 amide bonds. The van der Waals surface area contributed by atoms with Crippen molar-refractivity contribution in [2.75, 3.05) is 0 Å². The van der Waals surface area contributed by atoms with Gasteiger partial charge in [0.25, 0.3) is 0 Å². The lowest BCUT2D eigenvalue weighted by Gasteiger charge is -1.99. The van der Waals surface area contributed by atoms with Gasteiger partial charge in [0.05, 0.1) is 6.21 Å². The Morgan fingerprint density at radius 2 is 1.80 bits per heavy atom. The summed E-state index contributed by atoms with van der Waals surface area (Å²) in [5.74, 6) is -0.488. The van der Waals surface area contributed by atoms with Crippen molar-refractivity contribution in [3.63, 3.8) is 0 Å². The number of oxime groups is 1. The van der Waals surface area contributed by atoms with E-state index in [4.69, 9.17) is 4.84 Å². The molecule has 0 bridgehead atoms. The van der Waals surface area contributed by atoms with Gasteiger partial charge in [-0.3, -0.25) is 4.79 Å². The largest absolute Gasteiger partial charge is 0.391 e. The first-order valence-corrected chi connectivity index (χ1v) is 6.22. The number of benzene rings is 2. The Kier molecular flexibility index (Phi) is 5.00. The minimum Gasteiger partial charge on any atom is -0.391 e. The molecule has 0 aromatic heterocycles. The highest BCUT2D eigenvalue weighted by Gasteiger charge is 2.03. The summed E-state index contributed by atoms with van der Waals surface area (Å²) >= 11 is 0. The van der Waals surface area contributed by atoms with E-state index >= 15 is 0 Å². The monoisotopic (exact) mass is 271 g/mol. The maximum Gasteiger partial charge on any atom is 0.168 e. The van der Waals surface area contributed by atoms with Crippen LogP contribution >= 0.6 is 0 Å². The van der Waals surface area contributed by atoms with Gasteiger partial charge in [-0.2, -0.15) is 0 Å². The van der Waals surface area contributed by atoms with Gasteiger partial charge >= 0.3 is 0 Å². The first-order chi connectivity index (χ1) is 9.75. The van der Waals surface area contributed by atoms with Gasteiger partial charge < -0.3 is 4.84 Å². The highest BCUT2D eigenvalue weighted by atomic mass is 19.1. The normalized spacial score (nSPS) is 10.7. The van der Waals surface area contributed by atoms with E-state index in [1.165, 1.54) is 30.5 Å². The molecule has 0 radical (unpaired) electrons. The third-order valence-electron chi connectivity index (χ3n) is 2.67. The van der Waals surface area contributed by atoms with E-state index in [-0.39, 0.29) is 18.0 Å². The molecule has 4 heteroatoms. The van der Waals surface area contributed by atoms with Crippen molar-refractivity contribution in [2.45, 2.75) is 13.0 Å². The number of carbonyl (C=O) groups is 1. The molecule has 2 rings (SSSR count). The van der Waals surface area contributed by atoms with Crippen LogP contribution in [0.25, 0.3) is 0 Å². The fourth-order valence-electron chi connectivity index (χ4n) is 1.61. The highest BCUT2D eigenvalue weighted by Crippen LogP contribution is 2.05. The van der Waals surface area contributed by atoms with Crippen LogP contribution in [-0.2, 0) is 11.4 Å². The third-order valence-corrected chi connectivity index (χ3v) is 2.67. The Hall–Kier alpha value is -2.49. The SMILES string of the molecule is O=C(C/C=N\OCc1ccccc1)c1ccc(F)cc1. The number of Topliss-reactive ketones (excluding diaryl/α,β-unsaturated/α-hetero) is 1. The molecule has 3 nitrogen and oxygen atoms in total. The molecule has 20 heavy (non-hydrogen) atoms. The summed E-state index contributed by atoms with van der Waals surface area (Å²) in [5.41, 5.74) is 1.47. The molecule has 0 saturated carbocycles. The second-order valence-electron chi connectivity index (χ2n) is 4.18. The molecule has 0 aliphatic rings. The van der Waals surface area contributed by atoms with Gasteiger partial charge in [0.15, 0.2) is 5.78 Å². The van der Waals surface area contributed by atoms with Crippen LogP contribution in [0.1, 0.15) is 22.3 Å². The van der Waals surface area contributed by atoms with Gasteiger partial charge in [-0.25, -0.2) is 4.39 Å². The van der Waals surface area contributed by atoms with E-state index in [1.807, 2.05) is 30.3 Å². The smallest absolute Gasteiger partial charge is 0.168 e. The van der Waals surface area contributed by atoms with Crippen LogP contribution in [0.2, 0.25) is 0 Å². The van der Waals surface area contributed by atoms with Crippen LogP contribution < -0.4 is 0 Å². The van der Waals surface area contributed by atoms with Crippen molar-refractivity contribution in [1.29, 1.82) is 0 Å². The van der Waals surface area contributed by atoms with Crippen molar-refractivity contribution in [2.24, 2.45) is 5.16 Å². The molecular weight excluding hydrogens is 257 g/mol. The van der Waals surface area contributed by atoms with Gasteiger partial charge in [0, 0.05) is 12.0 Å². The van der Waals surface area contributed by atoms with E-state index < -0.39 is 0 Å². The molecule has 0 heterocycles. The minimum atomic E-state index is -0.360. The number of carbonyl (C=O) groups excluding carboxylic acids is 1. The van der Waals surface area contributed by atoms with Crippen LogP contribution in [0.5, 0.6) is 0 Å². The number of nitrogens with zero attached hydrogens (tertiary/aromatic N) is 1. The molecule has 0 aliphatic heterocycles. The summed E-state index contributed by atoms with van der Waals surface area (Å²) in [6.45, 7) is 0.363. The highest BCUT2D eigenvalue weighted by molar-refractivity contribution is 6.03. The standard InChI is InChI=1S/C16H14FNO2/c17-15-8-6-14(7-9-15)16(19)10-11-18-20-12-13-4-2-1-3-5-13/h1-9,11H,10,12H2/b18-11-. The topological polar surface area (TPSA) is 38.7 Å². The predicted octanol–water partition coefficient (Wildman–Crippen LogP) is 3.60. The Morgan fingerprint density at radius 1 is 1.10 bits per heavy atom. The predicted molar refractivity (Wildman–Crippen MR) is 75.1 cm³/mol. The lowest BCUT2D eigenvalue weighted by Crippen LogP contribution is -1.99. The van der Waals surface area contributed by atoms with E-state index in [0.717, 1.165) is 5.56 Å². The van der Waals surface area contributed by atoms with E-state index in [0.29, 0.717) is 12.2 Å². The molecule has 0 aliphatic carbocycles. The Labute approximate surface area is 116 Å². The lowest BCUT2D eigenvalue weighted by atomic mass is 10.1. The fraction of sp³-hybridized carbons (Fsp3) is 0.125. The average molecular weight is 271 g/mol. The molecule has 2 aromatic rings. The van der Waals surface area contributed by atoms with Crippen LogP contribution in [0.4, 0.5) is 4.39 Å². The van der Waals surface area contributed by atoms with E-state index in [1.54, 1.807) is 0 Å². The summed E-state index contributed by atoms with van der Waals surface area (Å²) in [5, 5.41) is 3.73. The van der Waals surface area contributed by atoms with Crippen LogP contribution in [0, 0.1) is 5.82 Å². The number of rotatable bonds is 6. The summed E-state index contributed by atoms with van der Waals surface area (Å²) < 4.78 is 12.7. The maximum absolute atomic E-state index is 12.7. The zero-order valence-corrected chi connectivity index (χ0v) is 10.8. The van der Waals surface area contributed by atoms with Crippen LogP contribution in [-0.4, -0.2) is 12.0 Å². The zero-order chi connectivity index (χ0) is 14.2. The second-order valence-corrected chi connectivity index (χ2v) is 4.18. The van der Waals surface area contributed by atoms with Crippen molar-refractivity contribution >= 4 is 12.0 Å². The summed E-state index contributed by atoms with van der Waals surface area (Å²) in [6, 6.07) is 15.0. The van der Waals surface area contributed by atoms with Crippen LogP contribution in [0.3, 0.4) is 0 Å². The van der Waals surface area contributed by atoms with Crippen molar-refractivity contribution in [3.05, 3.63) is 71.5 Å². The number of hydrogen-bond donors (Lipinski definition) is 0. The summed E-state index contributed by atoms with van der Waals surface area (Å²) in [6.07, 6.45) is 1.54. The van der Waals surface area contributed by atoms with E-state index in [9.17, 15) is 9.18 Å². The van der Waals surface area contributed by atoms with Gasteiger partial charge in [-0.1, -0.05) is 35.5 Å². The zero-order valence-electron chi connectivity index (χ0n) is 10.8. The number of ketones is 1. The van der Waals surface area contributed by atoms with Gasteiger partial charge in [-0.15, -0.1) is 0 Å². The maximum atomic E-state index is 12.7. The fourth-order valence-corrected chi connectivity index (χ4v) is 1.61. The Morgan fingerprint density at radius 3 is 2.50 bits per heavy atom. The number of halogens is 1. The van der Waals surface area contributed by atoms with Gasteiger partial charge in [0.1, 0.15) is 12.4 Å². The molecule has 0 atom stereocenters. The molecule has 0 spiro atoms. The average Bonchev–Trinajstić information content (AvgIpc) is 2.48. The second kappa shape index (κ2) is 7.19. The Balaban J connectivity index is 1.76. The third kappa shape index (κ3) is 4.31. The summed E-state index contributed by atoms with van der Waals surface area (Å²) in [4.78, 5) is 16.8. The van der Waals surface area contributed by atoms with E-state index in [2.05, 4.69) is 5.16 Å². The lowest BCUT2D eigenvalue weighted by molar-refractivity contribution is 0.0996. The minimum absolute atomic E-state index is 0.125. The van der Waals surface area contributed by atoms with Crippen molar-refractivity contribution in [3.8, 4) is 0 Å². The first kappa shape index (κ1) is 13.9. The molecule has 0 N–H and O–H groups in total. The van der Waals surface area contributed by atoms with Crippen molar-refractivity contribution in [1.82, 2.24) is 0 Å². The van der Waals surface area contributed by atoms with Gasteiger partial charge in [-0.05, 0) is 29.8 Å². The Bertz CT molecular complexity index is 579. The molecule has 2 aromatic carbocycles. The summed E-state index contributed by atoms with van der Waals surface area (Å²) in [7, 11) is 0. The molecule has 0 unspecified atom stereocenters. The number of hydrogen-bond acceptors (Lipinski definition) is 3.